The highest BCUT2D eigenvalue weighted by Gasteiger charge is 2.44. The Kier molecular flexibility index (Phi) is 3.06. The lowest BCUT2D eigenvalue weighted by Crippen LogP contribution is -2.27. The number of nitrogens with one attached hydrogen (secondary N) is 1. The molecule has 1 aliphatic carbocycles. The molecule has 1 aromatic rings. The Morgan fingerprint density at radius 2 is 2.06 bits per heavy atom. The molecule has 0 unspecified atom stereocenters. The quantitative estimate of drug-likeness (QED) is 0.832. The maximum atomic E-state index is 5.15. The molecule has 2 rings (SSSR count). The Balaban J connectivity index is 1.85. The first-order valence-corrected chi connectivity index (χ1v) is 6.18. The van der Waals surface area contributed by atoms with Crippen LogP contribution in [-0.4, -0.2) is 11.7 Å². The average Bonchev–Trinajstić information content (AvgIpc) is 2.95. The van der Waals surface area contributed by atoms with E-state index in [-0.39, 0.29) is 0 Å². The van der Waals surface area contributed by atoms with Gasteiger partial charge in [0.25, 0.3) is 0 Å². The van der Waals surface area contributed by atoms with Crippen LogP contribution in [-0.2, 0) is 6.54 Å². The molecule has 1 aromatic heterocycles. The fourth-order valence-electron chi connectivity index (χ4n) is 2.31. The van der Waals surface area contributed by atoms with E-state index in [1.54, 1.807) is 0 Å². The lowest BCUT2D eigenvalue weighted by molar-refractivity contribution is 0.337. The minimum absolute atomic E-state index is 0.568. The van der Waals surface area contributed by atoms with Crippen LogP contribution in [0.1, 0.15) is 43.7 Å². The van der Waals surface area contributed by atoms with E-state index in [4.69, 9.17) is 4.52 Å². The van der Waals surface area contributed by atoms with Crippen molar-refractivity contribution in [2.75, 3.05) is 6.54 Å². The van der Waals surface area contributed by atoms with E-state index in [1.807, 2.05) is 13.8 Å². The molecule has 3 heteroatoms. The summed E-state index contributed by atoms with van der Waals surface area (Å²) in [6.45, 7) is 10.6. The third-order valence-electron chi connectivity index (χ3n) is 4.08. The molecule has 1 N–H and O–H groups in total. The Bertz CT molecular complexity index is 345. The zero-order valence-electron chi connectivity index (χ0n) is 10.8. The second kappa shape index (κ2) is 4.21. The lowest BCUT2D eigenvalue weighted by Gasteiger charge is -2.19. The van der Waals surface area contributed by atoms with Crippen molar-refractivity contribution in [3.05, 3.63) is 17.0 Å². The zero-order valence-corrected chi connectivity index (χ0v) is 10.8. The topological polar surface area (TPSA) is 38.1 Å². The predicted molar refractivity (Wildman–Crippen MR) is 64.2 cm³/mol. The summed E-state index contributed by atoms with van der Waals surface area (Å²) < 4.78 is 5.15. The van der Waals surface area contributed by atoms with Crippen LogP contribution in [0, 0.1) is 25.2 Å². The minimum Gasteiger partial charge on any atom is -0.361 e. The Morgan fingerprint density at radius 3 is 2.50 bits per heavy atom. The van der Waals surface area contributed by atoms with Crippen molar-refractivity contribution in [2.24, 2.45) is 11.3 Å². The molecule has 1 fully saturated rings. The smallest absolute Gasteiger partial charge is 0.138 e. The summed E-state index contributed by atoms with van der Waals surface area (Å²) in [6.07, 6.45) is 2.75. The molecule has 0 amide bonds. The molecule has 0 radical (unpaired) electrons. The van der Waals surface area contributed by atoms with Crippen molar-refractivity contribution in [3.63, 3.8) is 0 Å². The molecule has 0 saturated heterocycles. The summed E-state index contributed by atoms with van der Waals surface area (Å²) in [4.78, 5) is 0. The average molecular weight is 222 g/mol. The molecular weight excluding hydrogens is 200 g/mol. The molecule has 0 atom stereocenters. The van der Waals surface area contributed by atoms with E-state index >= 15 is 0 Å². The summed E-state index contributed by atoms with van der Waals surface area (Å²) in [7, 11) is 0. The number of rotatable bonds is 5. The molecule has 0 spiro atoms. The van der Waals surface area contributed by atoms with Gasteiger partial charge < -0.3 is 9.84 Å². The number of aromatic nitrogens is 1. The van der Waals surface area contributed by atoms with Crippen LogP contribution in [0.5, 0.6) is 0 Å². The van der Waals surface area contributed by atoms with Crippen molar-refractivity contribution in [1.29, 1.82) is 0 Å². The number of aryl methyl sites for hydroxylation is 2. The number of hydrogen-bond donors (Lipinski definition) is 1. The molecule has 16 heavy (non-hydrogen) atoms. The third-order valence-corrected chi connectivity index (χ3v) is 4.08. The molecule has 1 saturated carbocycles. The van der Waals surface area contributed by atoms with Gasteiger partial charge in [-0.2, -0.15) is 0 Å². The highest BCUT2D eigenvalue weighted by molar-refractivity contribution is 5.20. The van der Waals surface area contributed by atoms with Crippen molar-refractivity contribution < 1.29 is 4.52 Å². The largest absolute Gasteiger partial charge is 0.361 e. The molecule has 0 aromatic carbocycles. The van der Waals surface area contributed by atoms with Crippen LogP contribution < -0.4 is 5.32 Å². The Morgan fingerprint density at radius 1 is 1.38 bits per heavy atom. The molecular formula is C13H22N2O. The van der Waals surface area contributed by atoms with Gasteiger partial charge in [-0.3, -0.25) is 0 Å². The zero-order chi connectivity index (χ0) is 11.8. The summed E-state index contributed by atoms with van der Waals surface area (Å²) in [6, 6.07) is 0. The third kappa shape index (κ3) is 2.14. The van der Waals surface area contributed by atoms with Gasteiger partial charge in [0.05, 0.1) is 5.69 Å². The first kappa shape index (κ1) is 11.6. The molecule has 1 heterocycles. The summed E-state index contributed by atoms with van der Waals surface area (Å²) in [5.41, 5.74) is 2.80. The van der Waals surface area contributed by atoms with E-state index in [0.29, 0.717) is 5.41 Å². The molecule has 1 aliphatic rings. The Labute approximate surface area is 97.6 Å². The van der Waals surface area contributed by atoms with Gasteiger partial charge in [-0.25, -0.2) is 0 Å². The van der Waals surface area contributed by atoms with Gasteiger partial charge in [0.1, 0.15) is 5.76 Å². The van der Waals surface area contributed by atoms with Crippen LogP contribution in [0.4, 0.5) is 0 Å². The first-order valence-electron chi connectivity index (χ1n) is 6.18. The van der Waals surface area contributed by atoms with Crippen molar-refractivity contribution in [1.82, 2.24) is 10.5 Å². The SMILES string of the molecule is Cc1noc(C)c1CNCC1(C(C)C)CC1. The standard InChI is InChI=1S/C13H22N2O/c1-9(2)13(5-6-13)8-14-7-12-10(3)15-16-11(12)4/h9,14H,5-8H2,1-4H3. The van der Waals surface area contributed by atoms with Gasteiger partial charge in [0, 0.05) is 18.7 Å². The lowest BCUT2D eigenvalue weighted by atomic mass is 9.92. The van der Waals surface area contributed by atoms with Crippen molar-refractivity contribution in [3.8, 4) is 0 Å². The van der Waals surface area contributed by atoms with Crippen molar-refractivity contribution in [2.45, 2.75) is 47.1 Å². The Hall–Kier alpha value is -0.830. The summed E-state index contributed by atoms with van der Waals surface area (Å²) >= 11 is 0. The highest BCUT2D eigenvalue weighted by atomic mass is 16.5. The highest BCUT2D eigenvalue weighted by Crippen LogP contribution is 2.51. The first-order chi connectivity index (χ1) is 7.55. The maximum absolute atomic E-state index is 5.15. The summed E-state index contributed by atoms with van der Waals surface area (Å²) in [5, 5.41) is 7.52. The van der Waals surface area contributed by atoms with Crippen LogP contribution in [0.25, 0.3) is 0 Å². The predicted octanol–water partition coefficient (Wildman–Crippen LogP) is 2.82. The molecule has 90 valence electrons. The normalized spacial score (nSPS) is 18.1. The second-order valence-electron chi connectivity index (χ2n) is 5.42. The molecule has 0 bridgehead atoms. The monoisotopic (exact) mass is 222 g/mol. The summed E-state index contributed by atoms with van der Waals surface area (Å²) in [5.74, 6) is 1.73. The van der Waals surface area contributed by atoms with E-state index in [2.05, 4.69) is 24.3 Å². The van der Waals surface area contributed by atoms with Crippen LogP contribution in [0.15, 0.2) is 4.52 Å². The van der Waals surface area contributed by atoms with Gasteiger partial charge >= 0.3 is 0 Å². The maximum Gasteiger partial charge on any atom is 0.138 e. The fraction of sp³-hybridized carbons (Fsp3) is 0.769. The molecule has 3 nitrogen and oxygen atoms in total. The minimum atomic E-state index is 0.568. The van der Waals surface area contributed by atoms with Gasteiger partial charge in [0.15, 0.2) is 0 Å². The van der Waals surface area contributed by atoms with Gasteiger partial charge in [-0.05, 0) is 38.0 Å². The van der Waals surface area contributed by atoms with E-state index < -0.39 is 0 Å². The van der Waals surface area contributed by atoms with Crippen molar-refractivity contribution >= 4 is 0 Å². The van der Waals surface area contributed by atoms with E-state index in [9.17, 15) is 0 Å². The van der Waals surface area contributed by atoms with E-state index in [1.165, 1.54) is 18.4 Å². The second-order valence-corrected chi connectivity index (χ2v) is 5.42. The van der Waals surface area contributed by atoms with Crippen LogP contribution in [0.2, 0.25) is 0 Å². The van der Waals surface area contributed by atoms with Gasteiger partial charge in [-0.15, -0.1) is 0 Å². The van der Waals surface area contributed by atoms with Gasteiger partial charge in [0.2, 0.25) is 0 Å². The van der Waals surface area contributed by atoms with E-state index in [0.717, 1.165) is 30.5 Å². The fourth-order valence-corrected chi connectivity index (χ4v) is 2.31. The number of nitrogens with zero attached hydrogens (tertiary/aromatic N) is 1. The molecule has 0 aliphatic heterocycles. The number of hydrogen-bond acceptors (Lipinski definition) is 3. The van der Waals surface area contributed by atoms with Crippen LogP contribution >= 0.6 is 0 Å². The van der Waals surface area contributed by atoms with Gasteiger partial charge in [-0.1, -0.05) is 19.0 Å². The van der Waals surface area contributed by atoms with Crippen LogP contribution in [0.3, 0.4) is 0 Å².